The van der Waals surface area contributed by atoms with Gasteiger partial charge in [-0.25, -0.2) is 5.48 Å². The summed E-state index contributed by atoms with van der Waals surface area (Å²) in [7, 11) is 2.26. The third-order valence-electron chi connectivity index (χ3n) is 6.49. The van der Waals surface area contributed by atoms with Crippen molar-refractivity contribution in [1.82, 2.24) is 20.3 Å². The van der Waals surface area contributed by atoms with E-state index in [0.29, 0.717) is 17.0 Å². The molecule has 0 bridgehead atoms. The number of pyridine rings is 1. The lowest BCUT2D eigenvalue weighted by molar-refractivity contribution is 0.0705. The first-order valence-corrected chi connectivity index (χ1v) is 9.43. The number of carbonyl (C=O) groups excluding carboxylic acids is 1. The Bertz CT molecular complexity index is 665. The van der Waals surface area contributed by atoms with Crippen molar-refractivity contribution >= 4 is 5.91 Å². The van der Waals surface area contributed by atoms with E-state index in [-0.39, 0.29) is 0 Å². The number of likely N-dealkylation sites (tertiary alicyclic amines) is 1. The van der Waals surface area contributed by atoms with Gasteiger partial charge in [0.15, 0.2) is 0 Å². The maximum Gasteiger partial charge on any atom is 0.276 e. The van der Waals surface area contributed by atoms with Crippen molar-refractivity contribution < 1.29 is 10.0 Å². The zero-order chi connectivity index (χ0) is 17.4. The van der Waals surface area contributed by atoms with Crippen molar-refractivity contribution in [2.75, 3.05) is 26.7 Å². The summed E-state index contributed by atoms with van der Waals surface area (Å²) >= 11 is 0. The normalized spacial score (nSPS) is 30.4. The summed E-state index contributed by atoms with van der Waals surface area (Å²) in [5.41, 5.74) is 4.88. The second-order valence-corrected chi connectivity index (χ2v) is 8.23. The van der Waals surface area contributed by atoms with Crippen LogP contribution in [0.3, 0.4) is 0 Å². The zero-order valence-electron chi connectivity index (χ0n) is 15.0. The molecule has 0 aromatic carbocycles. The van der Waals surface area contributed by atoms with Gasteiger partial charge in [0.1, 0.15) is 0 Å². The van der Waals surface area contributed by atoms with Crippen LogP contribution in [-0.4, -0.2) is 58.6 Å². The highest BCUT2D eigenvalue weighted by Gasteiger charge is 2.43. The summed E-state index contributed by atoms with van der Waals surface area (Å²) in [5, 5.41) is 8.78. The number of carbonyl (C=O) groups is 1. The Morgan fingerprint density at radius 2 is 2.28 bits per heavy atom. The number of fused-ring (bicyclic) bond motifs is 1. The van der Waals surface area contributed by atoms with Gasteiger partial charge < -0.3 is 4.90 Å². The van der Waals surface area contributed by atoms with Crippen molar-refractivity contribution in [3.8, 4) is 0 Å². The van der Waals surface area contributed by atoms with E-state index in [2.05, 4.69) is 21.8 Å². The highest BCUT2D eigenvalue weighted by atomic mass is 16.5. The van der Waals surface area contributed by atoms with Crippen molar-refractivity contribution in [3.05, 3.63) is 29.1 Å². The summed E-state index contributed by atoms with van der Waals surface area (Å²) < 4.78 is 0. The molecule has 4 rings (SSSR count). The molecule has 2 N–H and O–H groups in total. The number of piperidine rings is 1. The summed E-state index contributed by atoms with van der Waals surface area (Å²) in [6.07, 6.45) is 9.19. The van der Waals surface area contributed by atoms with E-state index in [1.54, 1.807) is 11.7 Å². The van der Waals surface area contributed by atoms with Crippen LogP contribution in [0.2, 0.25) is 0 Å². The smallest absolute Gasteiger partial charge is 0.276 e. The minimum Gasteiger partial charge on any atom is -0.306 e. The molecule has 1 aliphatic carbocycles. The quantitative estimate of drug-likeness (QED) is 0.633. The molecule has 3 heterocycles. The van der Waals surface area contributed by atoms with Gasteiger partial charge in [-0.15, -0.1) is 0 Å². The molecule has 2 fully saturated rings. The Morgan fingerprint density at radius 1 is 1.40 bits per heavy atom. The highest BCUT2D eigenvalue weighted by Crippen LogP contribution is 2.46. The maximum absolute atomic E-state index is 11.6. The summed E-state index contributed by atoms with van der Waals surface area (Å²) in [6.45, 7) is 4.42. The molecule has 1 aromatic heterocycles. The average Bonchev–Trinajstić information content (AvgIpc) is 3.03. The molecule has 6 nitrogen and oxygen atoms in total. The van der Waals surface area contributed by atoms with Gasteiger partial charge in [-0.2, -0.15) is 0 Å². The van der Waals surface area contributed by atoms with Crippen LogP contribution >= 0.6 is 0 Å². The van der Waals surface area contributed by atoms with Crippen LogP contribution < -0.4 is 5.48 Å². The van der Waals surface area contributed by atoms with Gasteiger partial charge in [-0.05, 0) is 69.2 Å². The molecule has 1 saturated heterocycles. The van der Waals surface area contributed by atoms with Crippen LogP contribution in [0.15, 0.2) is 12.3 Å². The summed E-state index contributed by atoms with van der Waals surface area (Å²) in [4.78, 5) is 21.2. The van der Waals surface area contributed by atoms with Crippen molar-refractivity contribution in [2.45, 2.75) is 51.1 Å². The van der Waals surface area contributed by atoms with Gasteiger partial charge in [0, 0.05) is 31.9 Å². The number of hydrogen-bond acceptors (Lipinski definition) is 5. The van der Waals surface area contributed by atoms with E-state index in [1.165, 1.54) is 45.2 Å². The van der Waals surface area contributed by atoms with Gasteiger partial charge >= 0.3 is 0 Å². The van der Waals surface area contributed by atoms with Crippen molar-refractivity contribution in [3.63, 3.8) is 0 Å². The van der Waals surface area contributed by atoms with Crippen molar-refractivity contribution in [1.29, 1.82) is 0 Å². The maximum atomic E-state index is 11.6. The number of amides is 1. The first kappa shape index (κ1) is 16.9. The predicted molar refractivity (Wildman–Crippen MR) is 94.4 cm³/mol. The molecule has 1 saturated carbocycles. The van der Waals surface area contributed by atoms with Crippen LogP contribution in [0, 0.1) is 5.41 Å². The Balaban J connectivity index is 1.44. The number of aromatic nitrogens is 1. The van der Waals surface area contributed by atoms with Crippen LogP contribution in [0.4, 0.5) is 0 Å². The lowest BCUT2D eigenvalue weighted by atomic mass is 9.78. The Kier molecular flexibility index (Phi) is 4.52. The van der Waals surface area contributed by atoms with Gasteiger partial charge in [0.25, 0.3) is 5.91 Å². The SMILES string of the molecule is CN1CCC[C@]2(CC[C@@H](N3CCc4cc(C(=O)NO)cnc4C3)C2)C1. The van der Waals surface area contributed by atoms with Crippen LogP contribution in [0.25, 0.3) is 0 Å². The Labute approximate surface area is 149 Å². The minimum atomic E-state index is -0.489. The first-order chi connectivity index (χ1) is 12.1. The predicted octanol–water partition coefficient (Wildman–Crippen LogP) is 1.82. The van der Waals surface area contributed by atoms with E-state index in [1.807, 2.05) is 6.07 Å². The van der Waals surface area contributed by atoms with E-state index in [0.717, 1.165) is 30.8 Å². The Morgan fingerprint density at radius 3 is 3.08 bits per heavy atom. The van der Waals surface area contributed by atoms with E-state index < -0.39 is 5.91 Å². The summed E-state index contributed by atoms with van der Waals surface area (Å²) in [5.74, 6) is -0.489. The first-order valence-electron chi connectivity index (χ1n) is 9.43. The van der Waals surface area contributed by atoms with Gasteiger partial charge in [-0.1, -0.05) is 0 Å². The average molecular weight is 344 g/mol. The van der Waals surface area contributed by atoms with Gasteiger partial charge in [0.2, 0.25) is 0 Å². The fourth-order valence-electron chi connectivity index (χ4n) is 5.25. The minimum absolute atomic E-state index is 0.430. The largest absolute Gasteiger partial charge is 0.306 e. The van der Waals surface area contributed by atoms with E-state index in [9.17, 15) is 4.79 Å². The van der Waals surface area contributed by atoms with Gasteiger partial charge in [0.05, 0.1) is 11.3 Å². The molecular weight excluding hydrogens is 316 g/mol. The molecule has 1 spiro atoms. The molecular formula is C19H28N4O2. The number of nitrogens with zero attached hydrogens (tertiary/aromatic N) is 3. The van der Waals surface area contributed by atoms with Crippen LogP contribution in [0.5, 0.6) is 0 Å². The monoisotopic (exact) mass is 344 g/mol. The third-order valence-corrected chi connectivity index (χ3v) is 6.49. The Hall–Kier alpha value is -1.50. The van der Waals surface area contributed by atoms with E-state index in [4.69, 9.17) is 5.21 Å². The highest BCUT2D eigenvalue weighted by molar-refractivity contribution is 5.93. The van der Waals surface area contributed by atoms with E-state index >= 15 is 0 Å². The third kappa shape index (κ3) is 3.30. The second kappa shape index (κ2) is 6.67. The van der Waals surface area contributed by atoms with Gasteiger partial charge in [-0.3, -0.25) is 19.9 Å². The van der Waals surface area contributed by atoms with Crippen LogP contribution in [-0.2, 0) is 13.0 Å². The number of rotatable bonds is 2. The standard InChI is InChI=1S/C19H28N4O2/c1-22-7-2-5-19(13-22)6-3-16(10-19)23-8-4-14-9-15(18(24)21-25)11-20-17(14)12-23/h9,11,16,25H,2-8,10,12-13H2,1H3,(H,21,24)/t16-,19-/m1/s1. The number of hydrogen-bond donors (Lipinski definition) is 2. The molecule has 0 unspecified atom stereocenters. The topological polar surface area (TPSA) is 68.7 Å². The lowest BCUT2D eigenvalue weighted by Gasteiger charge is -2.40. The lowest BCUT2D eigenvalue weighted by Crippen LogP contribution is -2.42. The molecule has 25 heavy (non-hydrogen) atoms. The molecule has 136 valence electrons. The molecule has 6 heteroatoms. The molecule has 1 amide bonds. The fourth-order valence-corrected chi connectivity index (χ4v) is 5.25. The summed E-state index contributed by atoms with van der Waals surface area (Å²) in [6, 6.07) is 2.54. The molecule has 1 aromatic rings. The second-order valence-electron chi connectivity index (χ2n) is 8.23. The zero-order valence-corrected chi connectivity index (χ0v) is 15.0. The number of hydroxylamine groups is 1. The fraction of sp³-hybridized carbons (Fsp3) is 0.684. The number of nitrogens with one attached hydrogen (secondary N) is 1. The molecule has 2 atom stereocenters. The molecule has 0 radical (unpaired) electrons. The van der Waals surface area contributed by atoms with Crippen molar-refractivity contribution in [2.24, 2.45) is 5.41 Å². The molecule has 2 aliphatic heterocycles. The van der Waals surface area contributed by atoms with Crippen LogP contribution in [0.1, 0.15) is 53.7 Å². The molecule has 3 aliphatic rings.